The fourth-order valence-corrected chi connectivity index (χ4v) is 2.55. The van der Waals surface area contributed by atoms with Gasteiger partial charge in [-0.2, -0.15) is 0 Å². The number of aryl methyl sites for hydroxylation is 1. The molecule has 0 aromatic heterocycles. The van der Waals surface area contributed by atoms with Gasteiger partial charge >= 0.3 is 0 Å². The van der Waals surface area contributed by atoms with Gasteiger partial charge in [0.2, 0.25) is 0 Å². The van der Waals surface area contributed by atoms with Crippen molar-refractivity contribution in [2.24, 2.45) is 0 Å². The Hall–Kier alpha value is -1.51. The van der Waals surface area contributed by atoms with Gasteiger partial charge in [-0.1, -0.05) is 19.3 Å². The summed E-state index contributed by atoms with van der Waals surface area (Å²) in [6.45, 7) is 3.74. The molecule has 0 unspecified atom stereocenters. The molecule has 0 aliphatic carbocycles. The molecule has 2 N–H and O–H groups in total. The molecule has 2 rings (SSSR count). The predicted octanol–water partition coefficient (Wildman–Crippen LogP) is 2.98. The van der Waals surface area contributed by atoms with Crippen LogP contribution < -0.4 is 5.73 Å². The number of carbonyl (C=O) groups excluding carboxylic acids is 1. The molecule has 3 heteroatoms. The smallest absolute Gasteiger partial charge is 0.254 e. The van der Waals surface area contributed by atoms with Gasteiger partial charge in [-0.15, -0.1) is 0 Å². The molecular formula is C15H22N2O. The van der Waals surface area contributed by atoms with Crippen LogP contribution in [0.25, 0.3) is 0 Å². The maximum Gasteiger partial charge on any atom is 0.254 e. The van der Waals surface area contributed by atoms with Crippen LogP contribution in [0.1, 0.15) is 48.0 Å². The highest BCUT2D eigenvalue weighted by Gasteiger charge is 2.18. The van der Waals surface area contributed by atoms with Gasteiger partial charge in [-0.25, -0.2) is 0 Å². The fourth-order valence-electron chi connectivity index (χ4n) is 2.55. The number of nitrogens with zero attached hydrogens (tertiary/aromatic N) is 1. The van der Waals surface area contributed by atoms with E-state index in [9.17, 15) is 4.79 Å². The Kier molecular flexibility index (Phi) is 4.24. The van der Waals surface area contributed by atoms with Crippen molar-refractivity contribution in [3.63, 3.8) is 0 Å². The number of likely N-dealkylation sites (tertiary alicyclic amines) is 1. The normalized spacial score (nSPS) is 17.1. The van der Waals surface area contributed by atoms with Crippen molar-refractivity contribution in [3.8, 4) is 0 Å². The Morgan fingerprint density at radius 1 is 1.11 bits per heavy atom. The highest BCUT2D eigenvalue weighted by Crippen LogP contribution is 2.17. The molecule has 1 aromatic carbocycles. The number of hydrogen-bond acceptors (Lipinski definition) is 2. The summed E-state index contributed by atoms with van der Waals surface area (Å²) in [6.07, 6.45) is 6.04. The van der Waals surface area contributed by atoms with Crippen LogP contribution >= 0.6 is 0 Å². The Bertz CT molecular complexity index is 421. The van der Waals surface area contributed by atoms with Crippen molar-refractivity contribution in [3.05, 3.63) is 29.3 Å². The predicted molar refractivity (Wildman–Crippen MR) is 74.6 cm³/mol. The number of carbonyl (C=O) groups is 1. The van der Waals surface area contributed by atoms with Crippen molar-refractivity contribution in [2.75, 3.05) is 18.8 Å². The van der Waals surface area contributed by atoms with E-state index >= 15 is 0 Å². The second-order valence-corrected chi connectivity index (χ2v) is 5.13. The number of rotatable bonds is 1. The minimum Gasteiger partial charge on any atom is -0.399 e. The highest BCUT2D eigenvalue weighted by molar-refractivity contribution is 5.96. The van der Waals surface area contributed by atoms with Gasteiger partial charge in [0.1, 0.15) is 0 Å². The van der Waals surface area contributed by atoms with E-state index in [4.69, 9.17) is 5.73 Å². The van der Waals surface area contributed by atoms with Crippen molar-refractivity contribution < 1.29 is 4.79 Å². The molecule has 98 valence electrons. The third-order valence-electron chi connectivity index (χ3n) is 3.62. The molecule has 3 nitrogen and oxygen atoms in total. The summed E-state index contributed by atoms with van der Waals surface area (Å²) in [4.78, 5) is 14.5. The van der Waals surface area contributed by atoms with E-state index in [-0.39, 0.29) is 5.91 Å². The number of nitrogen functional groups attached to an aromatic ring is 1. The Labute approximate surface area is 109 Å². The van der Waals surface area contributed by atoms with Crippen molar-refractivity contribution in [1.82, 2.24) is 4.90 Å². The van der Waals surface area contributed by atoms with E-state index in [1.807, 2.05) is 30.0 Å². The van der Waals surface area contributed by atoms with Crippen LogP contribution in [0.2, 0.25) is 0 Å². The van der Waals surface area contributed by atoms with Crippen molar-refractivity contribution >= 4 is 11.6 Å². The second kappa shape index (κ2) is 5.89. The fraction of sp³-hybridized carbons (Fsp3) is 0.533. The number of benzene rings is 1. The molecule has 1 aliphatic heterocycles. The zero-order chi connectivity index (χ0) is 13.0. The van der Waals surface area contributed by atoms with Crippen LogP contribution in [-0.4, -0.2) is 23.9 Å². The average Bonchev–Trinajstić information content (AvgIpc) is 2.27. The number of nitrogens with two attached hydrogens (primary N) is 1. The summed E-state index contributed by atoms with van der Waals surface area (Å²) in [6, 6.07) is 5.54. The average molecular weight is 246 g/mol. The molecule has 0 bridgehead atoms. The lowest BCUT2D eigenvalue weighted by atomic mass is 10.0. The van der Waals surface area contributed by atoms with Crippen LogP contribution in [0.5, 0.6) is 0 Å². The molecule has 1 amide bonds. The van der Waals surface area contributed by atoms with E-state index in [2.05, 4.69) is 0 Å². The lowest BCUT2D eigenvalue weighted by molar-refractivity contribution is 0.0741. The Balaban J connectivity index is 2.13. The van der Waals surface area contributed by atoms with E-state index in [0.717, 1.165) is 42.7 Å². The lowest BCUT2D eigenvalue weighted by Gasteiger charge is -2.25. The zero-order valence-electron chi connectivity index (χ0n) is 11.1. The molecule has 0 atom stereocenters. The molecule has 18 heavy (non-hydrogen) atoms. The zero-order valence-corrected chi connectivity index (χ0v) is 11.1. The maximum atomic E-state index is 12.5. The van der Waals surface area contributed by atoms with Crippen molar-refractivity contribution in [1.29, 1.82) is 0 Å². The molecule has 1 aliphatic rings. The first-order valence-electron chi connectivity index (χ1n) is 6.84. The first-order valence-corrected chi connectivity index (χ1v) is 6.84. The minimum atomic E-state index is 0.161. The monoisotopic (exact) mass is 246 g/mol. The van der Waals surface area contributed by atoms with E-state index < -0.39 is 0 Å². The molecule has 0 radical (unpaired) electrons. The SMILES string of the molecule is Cc1cc(N)ccc1C(=O)N1CCCCCCC1. The van der Waals surface area contributed by atoms with Gasteiger partial charge in [0, 0.05) is 24.3 Å². The summed E-state index contributed by atoms with van der Waals surface area (Å²) in [5.41, 5.74) is 8.22. The third kappa shape index (κ3) is 3.03. The summed E-state index contributed by atoms with van der Waals surface area (Å²) < 4.78 is 0. The minimum absolute atomic E-state index is 0.161. The van der Waals surface area contributed by atoms with Gasteiger partial charge in [0.05, 0.1) is 0 Å². The van der Waals surface area contributed by atoms with Gasteiger partial charge in [-0.05, 0) is 43.5 Å². The quantitative estimate of drug-likeness (QED) is 0.774. The summed E-state index contributed by atoms with van der Waals surface area (Å²) in [7, 11) is 0. The topological polar surface area (TPSA) is 46.3 Å². The first kappa shape index (κ1) is 12.9. The standard InChI is InChI=1S/C15H22N2O/c1-12-11-13(16)7-8-14(12)15(18)17-9-5-3-2-4-6-10-17/h7-8,11H,2-6,9-10,16H2,1H3. The summed E-state index contributed by atoms with van der Waals surface area (Å²) in [5.74, 6) is 0.161. The number of anilines is 1. The molecular weight excluding hydrogens is 224 g/mol. The van der Waals surface area contributed by atoms with Crippen LogP contribution in [0.15, 0.2) is 18.2 Å². The number of hydrogen-bond donors (Lipinski definition) is 1. The highest BCUT2D eigenvalue weighted by atomic mass is 16.2. The van der Waals surface area contributed by atoms with Crippen LogP contribution in [0, 0.1) is 6.92 Å². The maximum absolute atomic E-state index is 12.5. The van der Waals surface area contributed by atoms with Gasteiger partial charge in [0.25, 0.3) is 5.91 Å². The molecule has 0 spiro atoms. The molecule has 1 heterocycles. The molecule has 1 fully saturated rings. The largest absolute Gasteiger partial charge is 0.399 e. The molecule has 1 aromatic rings. The van der Waals surface area contributed by atoms with Gasteiger partial charge in [0.15, 0.2) is 0 Å². The van der Waals surface area contributed by atoms with E-state index in [0.29, 0.717) is 0 Å². The third-order valence-corrected chi connectivity index (χ3v) is 3.62. The second-order valence-electron chi connectivity index (χ2n) is 5.13. The lowest BCUT2D eigenvalue weighted by Crippen LogP contribution is -2.34. The molecule has 0 saturated carbocycles. The first-order chi connectivity index (χ1) is 8.68. The Morgan fingerprint density at radius 2 is 1.72 bits per heavy atom. The molecule has 1 saturated heterocycles. The van der Waals surface area contributed by atoms with Gasteiger partial charge < -0.3 is 10.6 Å². The summed E-state index contributed by atoms with van der Waals surface area (Å²) in [5, 5.41) is 0. The van der Waals surface area contributed by atoms with Crippen LogP contribution in [0.4, 0.5) is 5.69 Å². The Morgan fingerprint density at radius 3 is 2.33 bits per heavy atom. The van der Waals surface area contributed by atoms with Crippen LogP contribution in [-0.2, 0) is 0 Å². The van der Waals surface area contributed by atoms with Crippen LogP contribution in [0.3, 0.4) is 0 Å². The van der Waals surface area contributed by atoms with E-state index in [1.165, 1.54) is 19.3 Å². The summed E-state index contributed by atoms with van der Waals surface area (Å²) >= 11 is 0. The van der Waals surface area contributed by atoms with E-state index in [1.54, 1.807) is 0 Å². The number of amides is 1. The van der Waals surface area contributed by atoms with Crippen molar-refractivity contribution in [2.45, 2.75) is 39.0 Å². The van der Waals surface area contributed by atoms with Gasteiger partial charge in [-0.3, -0.25) is 4.79 Å².